The zero-order valence-corrected chi connectivity index (χ0v) is 21.2. The molecule has 1 saturated carbocycles. The van der Waals surface area contributed by atoms with Crippen LogP contribution in [-0.2, 0) is 9.53 Å². The predicted octanol–water partition coefficient (Wildman–Crippen LogP) is 4.28. The van der Waals surface area contributed by atoms with Crippen LogP contribution in [0.15, 0.2) is 35.7 Å². The van der Waals surface area contributed by atoms with Gasteiger partial charge in [0.25, 0.3) is 0 Å². The van der Waals surface area contributed by atoms with Crippen LogP contribution in [0.25, 0.3) is 0 Å². The number of carbonyl (C=O) groups excluding carboxylic acids is 1. The second-order valence-electron chi connectivity index (χ2n) is 10.5. The van der Waals surface area contributed by atoms with Gasteiger partial charge in [0.2, 0.25) is 5.91 Å². The van der Waals surface area contributed by atoms with Crippen LogP contribution in [0, 0.1) is 11.8 Å². The smallest absolute Gasteiger partial charge is 0.223 e. The Hall–Kier alpha value is -1.76. The maximum Gasteiger partial charge on any atom is 0.223 e. The van der Waals surface area contributed by atoms with E-state index >= 15 is 0 Å². The normalized spacial score (nSPS) is 28.8. The van der Waals surface area contributed by atoms with Crippen molar-refractivity contribution in [2.45, 2.75) is 64.1 Å². The number of ether oxygens (including phenoxy) is 1. The van der Waals surface area contributed by atoms with E-state index in [4.69, 9.17) is 16.3 Å². The van der Waals surface area contributed by atoms with Gasteiger partial charge in [-0.05, 0) is 83.3 Å². The molecule has 3 fully saturated rings. The summed E-state index contributed by atoms with van der Waals surface area (Å²) in [6.07, 6.45) is 8.41. The number of benzene rings is 1. The van der Waals surface area contributed by atoms with Crippen molar-refractivity contribution in [1.82, 2.24) is 20.4 Å². The van der Waals surface area contributed by atoms with Crippen LogP contribution in [0.3, 0.4) is 0 Å². The lowest BCUT2D eigenvalue weighted by Crippen LogP contribution is -2.42. The van der Waals surface area contributed by atoms with Crippen LogP contribution >= 0.6 is 11.6 Å². The van der Waals surface area contributed by atoms with E-state index in [2.05, 4.69) is 20.4 Å². The second kappa shape index (κ2) is 10.9. The summed E-state index contributed by atoms with van der Waals surface area (Å²) in [5.41, 5.74) is 2.21. The molecule has 0 spiro atoms. The molecule has 0 bridgehead atoms. The number of likely N-dealkylation sites (tertiary alicyclic amines) is 2. The van der Waals surface area contributed by atoms with Crippen LogP contribution in [0.1, 0.15) is 63.7 Å². The molecule has 186 valence electrons. The second-order valence-corrected chi connectivity index (χ2v) is 11.0. The summed E-state index contributed by atoms with van der Waals surface area (Å²) in [6.45, 7) is 8.12. The summed E-state index contributed by atoms with van der Waals surface area (Å²) in [5.74, 6) is 2.03. The highest BCUT2D eigenvalue weighted by Gasteiger charge is 2.41. The largest absolute Gasteiger partial charge is 0.469 e. The fourth-order valence-corrected chi connectivity index (χ4v) is 5.89. The molecule has 0 radical (unpaired) electrons. The van der Waals surface area contributed by atoms with Gasteiger partial charge < -0.3 is 20.3 Å². The number of allylic oxidation sites excluding steroid dienone is 1. The summed E-state index contributed by atoms with van der Waals surface area (Å²) in [5, 5.41) is 7.54. The zero-order chi connectivity index (χ0) is 23.5. The highest BCUT2D eigenvalue weighted by Crippen LogP contribution is 2.36. The average Bonchev–Trinajstić information content (AvgIpc) is 3.59. The molecular weight excluding hydrogens is 448 g/mol. The number of nitrogens with zero attached hydrogens (tertiary/aromatic N) is 2. The van der Waals surface area contributed by atoms with E-state index in [1.54, 1.807) is 0 Å². The Morgan fingerprint density at radius 3 is 2.50 bits per heavy atom. The number of hydrogen-bond donors (Lipinski definition) is 2. The van der Waals surface area contributed by atoms with E-state index in [0.717, 1.165) is 67.1 Å². The molecule has 1 aliphatic carbocycles. The Morgan fingerprint density at radius 2 is 1.79 bits per heavy atom. The summed E-state index contributed by atoms with van der Waals surface area (Å²) in [7, 11) is 0. The maximum atomic E-state index is 12.8. The van der Waals surface area contributed by atoms with Gasteiger partial charge in [-0.15, -0.1) is 0 Å². The van der Waals surface area contributed by atoms with E-state index < -0.39 is 0 Å². The van der Waals surface area contributed by atoms with Crippen molar-refractivity contribution in [2.24, 2.45) is 11.8 Å². The van der Waals surface area contributed by atoms with Gasteiger partial charge in [0.1, 0.15) is 5.76 Å². The van der Waals surface area contributed by atoms with E-state index in [-0.39, 0.29) is 18.1 Å². The lowest BCUT2D eigenvalue weighted by atomic mass is 9.95. The number of nitrogens with one attached hydrogen (secondary N) is 2. The molecule has 2 saturated heterocycles. The van der Waals surface area contributed by atoms with E-state index in [1.807, 2.05) is 31.2 Å². The molecule has 3 atom stereocenters. The zero-order valence-electron chi connectivity index (χ0n) is 20.4. The third-order valence-electron chi connectivity index (χ3n) is 8.07. The Bertz CT molecular complexity index is 873. The molecule has 34 heavy (non-hydrogen) atoms. The number of piperidine rings is 1. The maximum absolute atomic E-state index is 12.8. The first-order valence-corrected chi connectivity index (χ1v) is 13.6. The molecular formula is C27H39ClN4O2. The summed E-state index contributed by atoms with van der Waals surface area (Å²) in [6, 6.07) is 8.50. The molecule has 5 rings (SSSR count). The van der Waals surface area contributed by atoms with E-state index in [0.29, 0.717) is 5.92 Å². The van der Waals surface area contributed by atoms with Gasteiger partial charge in [0.15, 0.2) is 6.23 Å². The molecule has 6 nitrogen and oxygen atoms in total. The minimum absolute atomic E-state index is 0.149. The highest BCUT2D eigenvalue weighted by atomic mass is 35.5. The molecule has 2 N–H and O–H groups in total. The lowest BCUT2D eigenvalue weighted by Gasteiger charge is -2.31. The third-order valence-corrected chi connectivity index (χ3v) is 8.32. The SMILES string of the molecule is CC1=C(CN2CCC(C(=O)NCC3CC3N3CCCCCC3)CC2)NC(c2ccc(Cl)cc2)O1. The first-order valence-electron chi connectivity index (χ1n) is 13.2. The van der Waals surface area contributed by atoms with Crippen molar-refractivity contribution in [1.29, 1.82) is 0 Å². The third kappa shape index (κ3) is 5.89. The van der Waals surface area contributed by atoms with Crippen molar-refractivity contribution in [2.75, 3.05) is 39.3 Å². The molecule has 3 aliphatic heterocycles. The van der Waals surface area contributed by atoms with E-state index in [9.17, 15) is 4.79 Å². The van der Waals surface area contributed by atoms with Crippen LogP contribution in [-0.4, -0.2) is 61.0 Å². The number of halogens is 1. The van der Waals surface area contributed by atoms with Crippen molar-refractivity contribution < 1.29 is 9.53 Å². The highest BCUT2D eigenvalue weighted by molar-refractivity contribution is 6.30. The van der Waals surface area contributed by atoms with Gasteiger partial charge in [-0.2, -0.15) is 0 Å². The number of carbonyl (C=O) groups is 1. The lowest BCUT2D eigenvalue weighted by molar-refractivity contribution is -0.126. The van der Waals surface area contributed by atoms with Gasteiger partial charge in [-0.25, -0.2) is 0 Å². The molecule has 0 aromatic heterocycles. The quantitative estimate of drug-likeness (QED) is 0.602. The molecule has 1 amide bonds. The van der Waals surface area contributed by atoms with Crippen LogP contribution in [0.5, 0.6) is 0 Å². The summed E-state index contributed by atoms with van der Waals surface area (Å²) in [4.78, 5) is 17.9. The number of rotatable bonds is 7. The summed E-state index contributed by atoms with van der Waals surface area (Å²) >= 11 is 6.01. The van der Waals surface area contributed by atoms with Gasteiger partial charge in [0, 0.05) is 35.6 Å². The molecule has 1 aromatic rings. The first-order chi connectivity index (χ1) is 16.6. The van der Waals surface area contributed by atoms with Crippen molar-refractivity contribution in [3.05, 3.63) is 46.3 Å². The fraction of sp³-hybridized carbons (Fsp3) is 0.667. The molecule has 4 aliphatic rings. The van der Waals surface area contributed by atoms with Gasteiger partial charge in [0.05, 0.1) is 5.70 Å². The standard InChI is InChI=1S/C27H39ClN4O2/c1-19-24(30-27(34-19)21-6-8-23(28)9-7-21)18-31-14-10-20(11-15-31)26(33)29-17-22-16-25(22)32-12-4-2-3-5-13-32/h6-9,20,22,25,27,30H,2-5,10-18H2,1H3,(H,29,33). The Balaban J connectivity index is 1.01. The minimum atomic E-state index is -0.156. The Kier molecular flexibility index (Phi) is 7.67. The summed E-state index contributed by atoms with van der Waals surface area (Å²) < 4.78 is 6.05. The van der Waals surface area contributed by atoms with Gasteiger partial charge in [-0.3, -0.25) is 9.69 Å². The first kappa shape index (κ1) is 24.0. The number of amides is 1. The Morgan fingerprint density at radius 1 is 1.09 bits per heavy atom. The van der Waals surface area contributed by atoms with Gasteiger partial charge >= 0.3 is 0 Å². The van der Waals surface area contributed by atoms with Crippen molar-refractivity contribution in [3.8, 4) is 0 Å². The van der Waals surface area contributed by atoms with Crippen LogP contribution in [0.4, 0.5) is 0 Å². The number of hydrogen-bond acceptors (Lipinski definition) is 5. The van der Waals surface area contributed by atoms with Gasteiger partial charge in [-0.1, -0.05) is 36.6 Å². The van der Waals surface area contributed by atoms with Crippen molar-refractivity contribution >= 4 is 17.5 Å². The van der Waals surface area contributed by atoms with Crippen LogP contribution in [0.2, 0.25) is 5.02 Å². The fourth-order valence-electron chi connectivity index (χ4n) is 5.76. The monoisotopic (exact) mass is 486 g/mol. The molecule has 3 unspecified atom stereocenters. The Labute approximate surface area is 209 Å². The topological polar surface area (TPSA) is 56.8 Å². The molecule has 3 heterocycles. The predicted molar refractivity (Wildman–Crippen MR) is 135 cm³/mol. The minimum Gasteiger partial charge on any atom is -0.469 e. The van der Waals surface area contributed by atoms with Crippen molar-refractivity contribution in [3.63, 3.8) is 0 Å². The molecule has 1 aromatic carbocycles. The van der Waals surface area contributed by atoms with Crippen LogP contribution < -0.4 is 10.6 Å². The van der Waals surface area contributed by atoms with E-state index in [1.165, 1.54) is 45.2 Å². The molecule has 7 heteroatoms. The average molecular weight is 487 g/mol.